The SMILES string of the molecule is CCCCSc1nnc(NC(=O)CCc2ccc(OC)c(OC)c2)s1. The topological polar surface area (TPSA) is 73.3 Å². The molecule has 1 amide bonds. The van der Waals surface area contributed by atoms with Crippen molar-refractivity contribution in [2.75, 3.05) is 25.3 Å². The van der Waals surface area contributed by atoms with Gasteiger partial charge in [-0.15, -0.1) is 10.2 Å². The molecule has 0 aliphatic carbocycles. The fourth-order valence-corrected chi connectivity index (χ4v) is 4.02. The van der Waals surface area contributed by atoms with E-state index < -0.39 is 0 Å². The first-order valence-corrected chi connectivity index (χ1v) is 9.93. The van der Waals surface area contributed by atoms with Crippen LogP contribution in [0.2, 0.25) is 0 Å². The predicted octanol–water partition coefficient (Wildman–Crippen LogP) is 4.02. The zero-order valence-electron chi connectivity index (χ0n) is 14.7. The molecule has 0 saturated heterocycles. The number of amides is 1. The summed E-state index contributed by atoms with van der Waals surface area (Å²) in [6.45, 7) is 2.16. The summed E-state index contributed by atoms with van der Waals surface area (Å²) in [5, 5.41) is 11.5. The highest BCUT2D eigenvalue weighted by Crippen LogP contribution is 2.28. The second-order valence-electron chi connectivity index (χ2n) is 5.31. The molecule has 1 N–H and O–H groups in total. The van der Waals surface area contributed by atoms with Crippen LogP contribution in [-0.4, -0.2) is 36.1 Å². The lowest BCUT2D eigenvalue weighted by Gasteiger charge is -2.09. The summed E-state index contributed by atoms with van der Waals surface area (Å²) in [4.78, 5) is 12.1. The second-order valence-corrected chi connectivity index (χ2v) is 7.63. The van der Waals surface area contributed by atoms with E-state index in [4.69, 9.17) is 9.47 Å². The molecule has 0 spiro atoms. The molecule has 1 aromatic heterocycles. The highest BCUT2D eigenvalue weighted by atomic mass is 32.2. The lowest BCUT2D eigenvalue weighted by Crippen LogP contribution is -2.12. The molecular weight excluding hydrogens is 358 g/mol. The number of aryl methyl sites for hydroxylation is 1. The van der Waals surface area contributed by atoms with Crippen molar-refractivity contribution < 1.29 is 14.3 Å². The van der Waals surface area contributed by atoms with Gasteiger partial charge in [0.25, 0.3) is 0 Å². The summed E-state index contributed by atoms with van der Waals surface area (Å²) in [5.41, 5.74) is 1.01. The van der Waals surface area contributed by atoms with Crippen molar-refractivity contribution >= 4 is 34.1 Å². The molecule has 0 atom stereocenters. The number of hydrogen-bond acceptors (Lipinski definition) is 7. The number of nitrogens with one attached hydrogen (secondary N) is 1. The van der Waals surface area contributed by atoms with Crippen molar-refractivity contribution in [3.05, 3.63) is 23.8 Å². The minimum Gasteiger partial charge on any atom is -0.493 e. The number of hydrogen-bond donors (Lipinski definition) is 1. The van der Waals surface area contributed by atoms with E-state index in [1.807, 2.05) is 18.2 Å². The third-order valence-electron chi connectivity index (χ3n) is 3.46. The lowest BCUT2D eigenvalue weighted by atomic mass is 10.1. The van der Waals surface area contributed by atoms with Gasteiger partial charge in [-0.05, 0) is 30.5 Å². The number of thioether (sulfide) groups is 1. The second kappa shape index (κ2) is 10.2. The molecule has 0 unspecified atom stereocenters. The Kier molecular flexibility index (Phi) is 8.00. The molecule has 136 valence electrons. The Bertz CT molecular complexity index is 692. The molecule has 0 saturated carbocycles. The molecule has 2 rings (SSSR count). The number of methoxy groups -OCH3 is 2. The minimum atomic E-state index is -0.0731. The van der Waals surface area contributed by atoms with E-state index in [1.165, 1.54) is 11.3 Å². The van der Waals surface area contributed by atoms with Gasteiger partial charge in [0.2, 0.25) is 11.0 Å². The molecule has 0 bridgehead atoms. The number of benzene rings is 1. The van der Waals surface area contributed by atoms with E-state index in [-0.39, 0.29) is 5.91 Å². The summed E-state index contributed by atoms with van der Waals surface area (Å²) in [6.07, 6.45) is 3.29. The van der Waals surface area contributed by atoms with Crippen molar-refractivity contribution in [2.24, 2.45) is 0 Å². The average Bonchev–Trinajstić information content (AvgIpc) is 3.07. The third kappa shape index (κ3) is 6.21. The Morgan fingerprint density at radius 1 is 1.24 bits per heavy atom. The first-order valence-electron chi connectivity index (χ1n) is 8.13. The van der Waals surface area contributed by atoms with Gasteiger partial charge in [-0.25, -0.2) is 0 Å². The minimum absolute atomic E-state index is 0.0731. The number of carbonyl (C=O) groups excluding carboxylic acids is 1. The van der Waals surface area contributed by atoms with Gasteiger partial charge in [-0.3, -0.25) is 4.79 Å². The smallest absolute Gasteiger partial charge is 0.226 e. The summed E-state index contributed by atoms with van der Waals surface area (Å²) in [6, 6.07) is 5.66. The van der Waals surface area contributed by atoms with Crippen LogP contribution in [0, 0.1) is 0 Å². The van der Waals surface area contributed by atoms with Crippen LogP contribution < -0.4 is 14.8 Å². The van der Waals surface area contributed by atoms with Gasteiger partial charge in [0, 0.05) is 12.2 Å². The number of rotatable bonds is 10. The Hall–Kier alpha value is -1.80. The molecule has 1 aromatic carbocycles. The van der Waals surface area contributed by atoms with Gasteiger partial charge < -0.3 is 14.8 Å². The Morgan fingerprint density at radius 2 is 2.04 bits per heavy atom. The fourth-order valence-electron chi connectivity index (χ4n) is 2.10. The summed E-state index contributed by atoms with van der Waals surface area (Å²) in [7, 11) is 3.20. The standard InChI is InChI=1S/C17H23N3O3S2/c1-4-5-10-24-17-20-19-16(25-17)18-15(21)9-7-12-6-8-13(22-2)14(11-12)23-3/h6,8,11H,4-5,7,9-10H2,1-3H3,(H,18,19,21). The van der Waals surface area contributed by atoms with E-state index in [1.54, 1.807) is 26.0 Å². The Labute approximate surface area is 156 Å². The van der Waals surface area contributed by atoms with Gasteiger partial charge in [-0.1, -0.05) is 42.5 Å². The number of nitrogens with zero attached hydrogens (tertiary/aromatic N) is 2. The van der Waals surface area contributed by atoms with Gasteiger partial charge in [0.1, 0.15) is 0 Å². The van der Waals surface area contributed by atoms with E-state index in [2.05, 4.69) is 22.4 Å². The molecule has 1 heterocycles. The van der Waals surface area contributed by atoms with Gasteiger partial charge >= 0.3 is 0 Å². The lowest BCUT2D eigenvalue weighted by molar-refractivity contribution is -0.116. The van der Waals surface area contributed by atoms with Crippen molar-refractivity contribution in [1.29, 1.82) is 0 Å². The van der Waals surface area contributed by atoms with E-state index in [0.29, 0.717) is 29.5 Å². The number of carbonyl (C=O) groups is 1. The summed E-state index contributed by atoms with van der Waals surface area (Å²) >= 11 is 3.10. The van der Waals surface area contributed by atoms with Crippen LogP contribution in [0.15, 0.2) is 22.5 Å². The molecule has 0 radical (unpaired) electrons. The Morgan fingerprint density at radius 3 is 2.76 bits per heavy atom. The van der Waals surface area contributed by atoms with E-state index in [0.717, 1.165) is 28.5 Å². The molecule has 2 aromatic rings. The molecule has 8 heteroatoms. The number of aromatic nitrogens is 2. The predicted molar refractivity (Wildman–Crippen MR) is 102 cm³/mol. The monoisotopic (exact) mass is 381 g/mol. The van der Waals surface area contributed by atoms with Gasteiger partial charge in [0.15, 0.2) is 15.8 Å². The Balaban J connectivity index is 1.82. The van der Waals surface area contributed by atoms with Crippen LogP contribution >= 0.6 is 23.1 Å². The number of unbranched alkanes of at least 4 members (excludes halogenated alkanes) is 1. The first kappa shape index (κ1) is 19.5. The number of anilines is 1. The maximum Gasteiger partial charge on any atom is 0.226 e. The van der Waals surface area contributed by atoms with Crippen molar-refractivity contribution in [3.63, 3.8) is 0 Å². The van der Waals surface area contributed by atoms with Crippen molar-refractivity contribution in [1.82, 2.24) is 10.2 Å². The highest BCUT2D eigenvalue weighted by molar-refractivity contribution is 8.01. The van der Waals surface area contributed by atoms with Gasteiger partial charge in [0.05, 0.1) is 14.2 Å². The fraction of sp³-hybridized carbons (Fsp3) is 0.471. The molecule has 0 aliphatic rings. The first-order chi connectivity index (χ1) is 12.2. The van der Waals surface area contributed by atoms with Crippen LogP contribution in [0.4, 0.5) is 5.13 Å². The maximum absolute atomic E-state index is 12.1. The van der Waals surface area contributed by atoms with Gasteiger partial charge in [-0.2, -0.15) is 0 Å². The average molecular weight is 382 g/mol. The summed E-state index contributed by atoms with van der Waals surface area (Å²) in [5.74, 6) is 2.30. The summed E-state index contributed by atoms with van der Waals surface area (Å²) < 4.78 is 11.4. The zero-order valence-corrected chi connectivity index (χ0v) is 16.3. The molecule has 6 nitrogen and oxygen atoms in total. The normalized spacial score (nSPS) is 10.5. The van der Waals surface area contributed by atoms with Crippen LogP contribution in [0.1, 0.15) is 31.7 Å². The van der Waals surface area contributed by atoms with Crippen LogP contribution in [-0.2, 0) is 11.2 Å². The third-order valence-corrected chi connectivity index (χ3v) is 5.52. The molecule has 0 aliphatic heterocycles. The van der Waals surface area contributed by atoms with Crippen LogP contribution in [0.3, 0.4) is 0 Å². The van der Waals surface area contributed by atoms with Crippen molar-refractivity contribution in [3.8, 4) is 11.5 Å². The largest absolute Gasteiger partial charge is 0.493 e. The highest BCUT2D eigenvalue weighted by Gasteiger charge is 2.10. The maximum atomic E-state index is 12.1. The van der Waals surface area contributed by atoms with Crippen LogP contribution in [0.25, 0.3) is 0 Å². The van der Waals surface area contributed by atoms with Crippen LogP contribution in [0.5, 0.6) is 11.5 Å². The van der Waals surface area contributed by atoms with E-state index in [9.17, 15) is 4.79 Å². The molecule has 0 fully saturated rings. The quantitative estimate of drug-likeness (QED) is 0.381. The van der Waals surface area contributed by atoms with E-state index >= 15 is 0 Å². The van der Waals surface area contributed by atoms with Crippen molar-refractivity contribution in [2.45, 2.75) is 36.9 Å². The molecular formula is C17H23N3O3S2. The zero-order chi connectivity index (χ0) is 18.1. The number of ether oxygens (including phenoxy) is 2. The molecule has 25 heavy (non-hydrogen) atoms.